The van der Waals surface area contributed by atoms with Crippen molar-refractivity contribution < 1.29 is 27.1 Å². The van der Waals surface area contributed by atoms with Gasteiger partial charge in [-0.15, -0.1) is 0 Å². The van der Waals surface area contributed by atoms with Crippen molar-refractivity contribution in [3.05, 3.63) is 30.2 Å². The van der Waals surface area contributed by atoms with Crippen LogP contribution in [0.3, 0.4) is 0 Å². The van der Waals surface area contributed by atoms with Crippen LogP contribution >= 0.6 is 0 Å². The predicted molar refractivity (Wildman–Crippen MR) is 94.0 cm³/mol. The van der Waals surface area contributed by atoms with E-state index in [1.807, 2.05) is 0 Å². The first-order chi connectivity index (χ1) is 12.9. The molecule has 27 heavy (non-hydrogen) atoms. The number of sulfonamides is 1. The van der Waals surface area contributed by atoms with Crippen molar-refractivity contribution in [2.75, 3.05) is 32.8 Å². The molecular formula is C17H22FN3O5S. The minimum absolute atomic E-state index is 0.0208. The molecule has 1 aromatic heterocycles. The number of cyclic esters (lactones) is 1. The van der Waals surface area contributed by atoms with Gasteiger partial charge in [-0.2, -0.15) is 4.31 Å². The third-order valence-electron chi connectivity index (χ3n) is 5.10. The highest BCUT2D eigenvalue weighted by atomic mass is 32.2. The van der Waals surface area contributed by atoms with Crippen LogP contribution in [-0.4, -0.2) is 56.5 Å². The second-order valence-corrected chi connectivity index (χ2v) is 8.60. The summed E-state index contributed by atoms with van der Waals surface area (Å²) < 4.78 is 49.8. The summed E-state index contributed by atoms with van der Waals surface area (Å²) in [6.07, 6.45) is 3.14. The van der Waals surface area contributed by atoms with Crippen LogP contribution in [0.4, 0.5) is 4.39 Å². The average molecular weight is 399 g/mol. The highest BCUT2D eigenvalue weighted by Gasteiger charge is 2.48. The van der Waals surface area contributed by atoms with Crippen molar-refractivity contribution in [2.24, 2.45) is 11.1 Å². The SMILES string of the molecule is NC/C(=C\F)COc1ccc(S(=O)(=O)N2CCC3(CCOC3=O)CC2)cn1. The highest BCUT2D eigenvalue weighted by Crippen LogP contribution is 2.41. The molecule has 3 rings (SSSR count). The zero-order valence-electron chi connectivity index (χ0n) is 14.8. The van der Waals surface area contributed by atoms with Crippen LogP contribution in [0.5, 0.6) is 5.88 Å². The van der Waals surface area contributed by atoms with Crippen molar-refractivity contribution >= 4 is 16.0 Å². The van der Waals surface area contributed by atoms with E-state index < -0.39 is 15.4 Å². The van der Waals surface area contributed by atoms with Gasteiger partial charge in [0.05, 0.1) is 24.5 Å². The third-order valence-corrected chi connectivity index (χ3v) is 6.98. The Labute approximate surface area is 157 Å². The fourth-order valence-corrected chi connectivity index (χ4v) is 4.65. The molecule has 2 saturated heterocycles. The van der Waals surface area contributed by atoms with Gasteiger partial charge in [0.1, 0.15) is 11.5 Å². The van der Waals surface area contributed by atoms with Crippen molar-refractivity contribution in [3.8, 4) is 5.88 Å². The maximum atomic E-state index is 12.8. The number of hydrogen-bond donors (Lipinski definition) is 1. The Hall–Kier alpha value is -2.04. The Morgan fingerprint density at radius 3 is 2.63 bits per heavy atom. The number of esters is 1. The number of nitrogens with zero attached hydrogens (tertiary/aromatic N) is 2. The zero-order valence-corrected chi connectivity index (χ0v) is 15.6. The molecule has 0 aromatic carbocycles. The summed E-state index contributed by atoms with van der Waals surface area (Å²) in [5.74, 6) is -0.0464. The van der Waals surface area contributed by atoms with Crippen LogP contribution in [0.15, 0.2) is 35.1 Å². The van der Waals surface area contributed by atoms with Crippen LogP contribution in [0.2, 0.25) is 0 Å². The monoisotopic (exact) mass is 399 g/mol. The van der Waals surface area contributed by atoms with Gasteiger partial charge in [-0.3, -0.25) is 4.79 Å². The van der Waals surface area contributed by atoms with Crippen LogP contribution in [0, 0.1) is 5.41 Å². The first-order valence-corrected chi connectivity index (χ1v) is 10.1. The first kappa shape index (κ1) is 19.7. The smallest absolute Gasteiger partial charge is 0.312 e. The highest BCUT2D eigenvalue weighted by molar-refractivity contribution is 7.89. The summed E-state index contributed by atoms with van der Waals surface area (Å²) in [7, 11) is -3.71. The van der Waals surface area contributed by atoms with Crippen LogP contribution in [-0.2, 0) is 19.6 Å². The van der Waals surface area contributed by atoms with Gasteiger partial charge in [-0.25, -0.2) is 17.8 Å². The predicted octanol–water partition coefficient (Wildman–Crippen LogP) is 0.990. The number of aromatic nitrogens is 1. The number of piperidine rings is 1. The van der Waals surface area contributed by atoms with Crippen molar-refractivity contribution in [1.82, 2.24) is 9.29 Å². The molecule has 1 aromatic rings. The molecule has 10 heteroatoms. The minimum atomic E-state index is -3.71. The van der Waals surface area contributed by atoms with E-state index in [-0.39, 0.29) is 48.6 Å². The maximum absolute atomic E-state index is 12.8. The average Bonchev–Trinajstić information content (AvgIpc) is 3.03. The summed E-state index contributed by atoms with van der Waals surface area (Å²) in [4.78, 5) is 15.9. The van der Waals surface area contributed by atoms with Crippen molar-refractivity contribution in [2.45, 2.75) is 24.2 Å². The van der Waals surface area contributed by atoms with E-state index in [2.05, 4.69) is 4.98 Å². The van der Waals surface area contributed by atoms with Crippen molar-refractivity contribution in [1.29, 1.82) is 0 Å². The second-order valence-electron chi connectivity index (χ2n) is 6.66. The van der Waals surface area contributed by atoms with E-state index in [0.29, 0.717) is 32.2 Å². The number of ether oxygens (including phenoxy) is 2. The summed E-state index contributed by atoms with van der Waals surface area (Å²) in [6, 6.07) is 2.81. The Bertz CT molecular complexity index is 817. The maximum Gasteiger partial charge on any atom is 0.312 e. The van der Waals surface area contributed by atoms with E-state index in [1.165, 1.54) is 22.6 Å². The Kier molecular flexibility index (Phi) is 5.78. The quantitative estimate of drug-likeness (QED) is 0.710. The lowest BCUT2D eigenvalue weighted by atomic mass is 9.78. The normalized spacial score (nSPS) is 20.7. The van der Waals surface area contributed by atoms with E-state index in [0.717, 1.165) is 0 Å². The molecule has 0 bridgehead atoms. The molecule has 0 aliphatic carbocycles. The number of hydrogen-bond acceptors (Lipinski definition) is 7. The number of carbonyl (C=O) groups excluding carboxylic acids is 1. The fourth-order valence-electron chi connectivity index (χ4n) is 3.26. The molecule has 2 fully saturated rings. The Morgan fingerprint density at radius 2 is 2.11 bits per heavy atom. The Morgan fingerprint density at radius 1 is 1.37 bits per heavy atom. The summed E-state index contributed by atoms with van der Waals surface area (Å²) in [6.45, 7) is 0.886. The summed E-state index contributed by atoms with van der Waals surface area (Å²) >= 11 is 0. The van der Waals surface area contributed by atoms with Crippen LogP contribution in [0.25, 0.3) is 0 Å². The number of pyridine rings is 1. The first-order valence-electron chi connectivity index (χ1n) is 8.66. The summed E-state index contributed by atoms with van der Waals surface area (Å²) in [5, 5.41) is 0. The standard InChI is InChI=1S/C17H22FN3O5S/c18-9-13(10-19)12-26-15-2-1-14(11-20-15)27(23,24)21-6-3-17(4-7-21)5-8-25-16(17)22/h1-2,9,11H,3-8,10,12,19H2/b13-9+. The van der Waals surface area contributed by atoms with Gasteiger partial charge in [0, 0.05) is 31.3 Å². The lowest BCUT2D eigenvalue weighted by Gasteiger charge is -2.35. The van der Waals surface area contributed by atoms with Gasteiger partial charge in [0.25, 0.3) is 0 Å². The topological polar surface area (TPSA) is 112 Å². The van der Waals surface area contributed by atoms with E-state index in [1.54, 1.807) is 0 Å². The van der Waals surface area contributed by atoms with E-state index >= 15 is 0 Å². The summed E-state index contributed by atoms with van der Waals surface area (Å²) in [5.41, 5.74) is 5.07. The second kappa shape index (κ2) is 7.91. The van der Waals surface area contributed by atoms with Crippen LogP contribution < -0.4 is 10.5 Å². The van der Waals surface area contributed by atoms with E-state index in [9.17, 15) is 17.6 Å². The van der Waals surface area contributed by atoms with E-state index in [4.69, 9.17) is 15.2 Å². The zero-order chi connectivity index (χ0) is 19.5. The molecule has 2 N–H and O–H groups in total. The largest absolute Gasteiger partial charge is 0.473 e. The molecule has 0 amide bonds. The van der Waals surface area contributed by atoms with Gasteiger partial charge < -0.3 is 15.2 Å². The molecule has 0 unspecified atom stereocenters. The molecule has 8 nitrogen and oxygen atoms in total. The number of rotatable bonds is 6. The van der Waals surface area contributed by atoms with Crippen molar-refractivity contribution in [3.63, 3.8) is 0 Å². The molecule has 0 radical (unpaired) electrons. The fraction of sp³-hybridized carbons (Fsp3) is 0.529. The lowest BCUT2D eigenvalue weighted by Crippen LogP contribution is -2.44. The third kappa shape index (κ3) is 3.97. The van der Waals surface area contributed by atoms with Gasteiger partial charge in [-0.05, 0) is 25.3 Å². The van der Waals surface area contributed by atoms with Gasteiger partial charge in [0.15, 0.2) is 0 Å². The molecule has 148 valence electrons. The lowest BCUT2D eigenvalue weighted by molar-refractivity contribution is -0.147. The molecule has 1 spiro atoms. The molecule has 3 heterocycles. The number of nitrogens with two attached hydrogens (primary N) is 1. The van der Waals surface area contributed by atoms with Gasteiger partial charge >= 0.3 is 5.97 Å². The minimum Gasteiger partial charge on any atom is -0.473 e. The number of carbonyl (C=O) groups is 1. The van der Waals surface area contributed by atoms with Crippen LogP contribution in [0.1, 0.15) is 19.3 Å². The number of halogens is 1. The van der Waals surface area contributed by atoms with Gasteiger partial charge in [-0.1, -0.05) is 0 Å². The molecule has 0 atom stereocenters. The molecular weight excluding hydrogens is 377 g/mol. The molecule has 2 aliphatic heterocycles. The molecule has 2 aliphatic rings. The Balaban J connectivity index is 1.64. The van der Waals surface area contributed by atoms with Gasteiger partial charge in [0.2, 0.25) is 15.9 Å². The molecule has 0 saturated carbocycles.